The number of carbonyl (C=O) groups excluding carboxylic acids is 1. The highest BCUT2D eigenvalue weighted by Crippen LogP contribution is 2.17. The first-order valence-electron chi connectivity index (χ1n) is 3.78. The lowest BCUT2D eigenvalue weighted by molar-refractivity contribution is -0.122. The van der Waals surface area contributed by atoms with Crippen molar-refractivity contribution in [3.05, 3.63) is 0 Å². The molecule has 0 spiro atoms. The Hall–Kier alpha value is -0.610. The fourth-order valence-electron chi connectivity index (χ4n) is 0.854. The van der Waals surface area contributed by atoms with Crippen molar-refractivity contribution in [3.8, 4) is 0 Å². The zero-order valence-electron chi connectivity index (χ0n) is 6.67. The highest BCUT2D eigenvalue weighted by molar-refractivity contribution is 5.76. The number of hydrogen-bond acceptors (Lipinski definition) is 3. The molecule has 1 aliphatic carbocycles. The van der Waals surface area contributed by atoms with Crippen LogP contribution in [0.2, 0.25) is 0 Å². The Morgan fingerprint density at radius 2 is 2.45 bits per heavy atom. The molecule has 2 unspecified atom stereocenters. The lowest BCUT2D eigenvalue weighted by atomic mass is 10.4. The van der Waals surface area contributed by atoms with Gasteiger partial charge in [-0.1, -0.05) is 0 Å². The fraction of sp³-hybridized carbons (Fsp3) is 0.857. The minimum atomic E-state index is 0.0322. The van der Waals surface area contributed by atoms with Crippen molar-refractivity contribution in [1.29, 1.82) is 0 Å². The molecule has 0 aromatic heterocycles. The van der Waals surface area contributed by atoms with E-state index in [1.165, 1.54) is 0 Å². The molecule has 0 saturated heterocycles. The number of nitrogens with one attached hydrogen (secondary N) is 1. The average molecular weight is 158 g/mol. The van der Waals surface area contributed by atoms with Crippen molar-refractivity contribution in [2.24, 2.45) is 5.73 Å². The number of rotatable bonds is 4. The molecule has 1 amide bonds. The first-order valence-corrected chi connectivity index (χ1v) is 3.78. The molecule has 0 aromatic rings. The maximum Gasteiger partial charge on any atom is 0.222 e. The van der Waals surface area contributed by atoms with Gasteiger partial charge in [0.15, 0.2) is 0 Å². The van der Waals surface area contributed by atoms with Crippen molar-refractivity contribution in [1.82, 2.24) is 5.32 Å². The number of amides is 1. The summed E-state index contributed by atoms with van der Waals surface area (Å²) in [6.07, 6.45) is 1.35. The van der Waals surface area contributed by atoms with E-state index in [1.54, 1.807) is 7.11 Å². The first kappa shape index (κ1) is 8.49. The molecule has 0 aromatic carbocycles. The van der Waals surface area contributed by atoms with E-state index in [0.29, 0.717) is 13.0 Å². The molecule has 4 heteroatoms. The number of carbonyl (C=O) groups is 1. The van der Waals surface area contributed by atoms with E-state index in [-0.39, 0.29) is 18.0 Å². The maximum absolute atomic E-state index is 11.0. The quantitative estimate of drug-likeness (QED) is 0.565. The third kappa shape index (κ3) is 2.86. The van der Waals surface area contributed by atoms with E-state index in [9.17, 15) is 4.79 Å². The Kier molecular flexibility index (Phi) is 2.84. The minimum absolute atomic E-state index is 0.0322. The lowest BCUT2D eigenvalue weighted by Gasteiger charge is -2.01. The molecule has 64 valence electrons. The van der Waals surface area contributed by atoms with Crippen molar-refractivity contribution in [3.63, 3.8) is 0 Å². The zero-order chi connectivity index (χ0) is 8.27. The van der Waals surface area contributed by atoms with Crippen LogP contribution in [0.4, 0.5) is 0 Å². The van der Waals surface area contributed by atoms with E-state index in [2.05, 4.69) is 5.32 Å². The summed E-state index contributed by atoms with van der Waals surface area (Å²) in [5.41, 5.74) is 5.50. The van der Waals surface area contributed by atoms with Crippen LogP contribution in [0.15, 0.2) is 0 Å². The van der Waals surface area contributed by atoms with Crippen LogP contribution in [-0.4, -0.2) is 31.7 Å². The van der Waals surface area contributed by atoms with Gasteiger partial charge in [0.2, 0.25) is 5.91 Å². The second-order valence-electron chi connectivity index (χ2n) is 2.82. The van der Waals surface area contributed by atoms with Crippen LogP contribution in [0.25, 0.3) is 0 Å². The highest BCUT2D eigenvalue weighted by Gasteiger charge is 2.34. The highest BCUT2D eigenvalue weighted by atomic mass is 16.5. The predicted octanol–water partition coefficient (Wildman–Crippen LogP) is -0.761. The molecule has 3 N–H and O–H groups in total. The summed E-state index contributed by atoms with van der Waals surface area (Å²) >= 11 is 0. The van der Waals surface area contributed by atoms with Gasteiger partial charge in [-0.15, -0.1) is 0 Å². The van der Waals surface area contributed by atoms with E-state index < -0.39 is 0 Å². The smallest absolute Gasteiger partial charge is 0.222 e. The molecule has 1 rings (SSSR count). The lowest BCUT2D eigenvalue weighted by Crippen LogP contribution is -2.30. The van der Waals surface area contributed by atoms with Crippen LogP contribution in [0.1, 0.15) is 12.8 Å². The van der Waals surface area contributed by atoms with Crippen LogP contribution in [0, 0.1) is 0 Å². The summed E-state index contributed by atoms with van der Waals surface area (Å²) in [6, 6.07) is 0.404. The number of hydrogen-bond donors (Lipinski definition) is 2. The van der Waals surface area contributed by atoms with E-state index in [0.717, 1.165) is 6.42 Å². The molecule has 1 aliphatic rings. The minimum Gasteiger partial charge on any atom is -0.384 e. The third-order valence-corrected chi connectivity index (χ3v) is 1.72. The van der Waals surface area contributed by atoms with Gasteiger partial charge in [0, 0.05) is 25.6 Å². The van der Waals surface area contributed by atoms with Crippen molar-refractivity contribution < 1.29 is 9.53 Å². The SMILES string of the molecule is COCCC(=O)NC1CC1N. The average Bonchev–Trinajstić information content (AvgIpc) is 2.62. The van der Waals surface area contributed by atoms with Crippen molar-refractivity contribution in [2.45, 2.75) is 24.9 Å². The molecule has 1 fully saturated rings. The molecular weight excluding hydrogens is 144 g/mol. The van der Waals surface area contributed by atoms with Crippen LogP contribution in [0.3, 0.4) is 0 Å². The molecule has 11 heavy (non-hydrogen) atoms. The largest absolute Gasteiger partial charge is 0.384 e. The number of ether oxygens (including phenoxy) is 1. The second kappa shape index (κ2) is 3.69. The van der Waals surface area contributed by atoms with Gasteiger partial charge in [0.25, 0.3) is 0 Å². The number of nitrogens with two attached hydrogens (primary N) is 1. The van der Waals surface area contributed by atoms with Crippen molar-refractivity contribution >= 4 is 5.91 Å². The van der Waals surface area contributed by atoms with Gasteiger partial charge in [-0.3, -0.25) is 4.79 Å². The summed E-state index contributed by atoms with van der Waals surface area (Å²) < 4.78 is 4.75. The molecule has 4 nitrogen and oxygen atoms in total. The summed E-state index contributed by atoms with van der Waals surface area (Å²) in [5.74, 6) is 0.0322. The second-order valence-corrected chi connectivity index (χ2v) is 2.82. The Labute approximate surface area is 66.1 Å². The Bertz CT molecular complexity index is 149. The monoisotopic (exact) mass is 158 g/mol. The molecule has 0 heterocycles. The van der Waals surface area contributed by atoms with Crippen LogP contribution in [-0.2, 0) is 9.53 Å². The van der Waals surface area contributed by atoms with E-state index in [4.69, 9.17) is 10.5 Å². The maximum atomic E-state index is 11.0. The van der Waals surface area contributed by atoms with E-state index >= 15 is 0 Å². The fourth-order valence-corrected chi connectivity index (χ4v) is 0.854. The van der Waals surface area contributed by atoms with Gasteiger partial charge in [-0.2, -0.15) is 0 Å². The molecule has 1 saturated carbocycles. The van der Waals surface area contributed by atoms with Gasteiger partial charge in [0.05, 0.1) is 6.61 Å². The first-order chi connectivity index (χ1) is 5.24. The van der Waals surface area contributed by atoms with Crippen LogP contribution >= 0.6 is 0 Å². The molecule has 0 aliphatic heterocycles. The van der Waals surface area contributed by atoms with Gasteiger partial charge >= 0.3 is 0 Å². The topological polar surface area (TPSA) is 64.3 Å². The Morgan fingerprint density at radius 1 is 1.82 bits per heavy atom. The third-order valence-electron chi connectivity index (χ3n) is 1.72. The summed E-state index contributed by atoms with van der Waals surface area (Å²) in [5, 5.41) is 2.79. The predicted molar refractivity (Wildman–Crippen MR) is 41.0 cm³/mol. The van der Waals surface area contributed by atoms with Crippen LogP contribution < -0.4 is 11.1 Å². The summed E-state index contributed by atoms with van der Waals surface area (Å²) in [6.45, 7) is 0.480. The normalized spacial score (nSPS) is 28.2. The van der Waals surface area contributed by atoms with Gasteiger partial charge in [-0.05, 0) is 6.42 Å². The molecule has 0 bridgehead atoms. The van der Waals surface area contributed by atoms with Gasteiger partial charge < -0.3 is 15.8 Å². The summed E-state index contributed by atoms with van der Waals surface area (Å²) in [4.78, 5) is 11.0. The standard InChI is InChI=1S/C7H14N2O2/c1-11-3-2-7(10)9-6-4-5(6)8/h5-6H,2-4,8H2,1H3,(H,9,10). The van der Waals surface area contributed by atoms with Gasteiger partial charge in [-0.25, -0.2) is 0 Å². The molecule has 2 atom stereocenters. The van der Waals surface area contributed by atoms with Gasteiger partial charge in [0.1, 0.15) is 0 Å². The summed E-state index contributed by atoms with van der Waals surface area (Å²) in [7, 11) is 1.58. The number of methoxy groups -OCH3 is 1. The molecular formula is C7H14N2O2. The zero-order valence-corrected chi connectivity index (χ0v) is 6.67. The molecule has 0 radical (unpaired) electrons. The Balaban J connectivity index is 2.02. The Morgan fingerprint density at radius 3 is 2.91 bits per heavy atom. The van der Waals surface area contributed by atoms with E-state index in [1.807, 2.05) is 0 Å². The van der Waals surface area contributed by atoms with Crippen molar-refractivity contribution in [2.75, 3.05) is 13.7 Å². The van der Waals surface area contributed by atoms with Crippen LogP contribution in [0.5, 0.6) is 0 Å².